The van der Waals surface area contributed by atoms with E-state index < -0.39 is 0 Å². The molecule has 1 amide bonds. The topological polar surface area (TPSA) is 47.6 Å². The third-order valence-corrected chi connectivity index (χ3v) is 3.69. The van der Waals surface area contributed by atoms with Gasteiger partial charge in [-0.1, -0.05) is 64.1 Å². The number of amides is 1. The molecule has 0 aliphatic carbocycles. The first-order valence-electron chi connectivity index (χ1n) is 9.16. The Morgan fingerprint density at radius 2 is 1.72 bits per heavy atom. The largest absolute Gasteiger partial charge is 0.377 e. The molecule has 1 aromatic rings. The van der Waals surface area contributed by atoms with E-state index in [2.05, 4.69) is 51.2 Å². The molecule has 1 aromatic carbocycles. The lowest BCUT2D eigenvalue weighted by molar-refractivity contribution is -0.120. The van der Waals surface area contributed by atoms with E-state index in [1.165, 1.54) is 5.56 Å². The van der Waals surface area contributed by atoms with Crippen LogP contribution in [0.5, 0.6) is 0 Å². The summed E-state index contributed by atoms with van der Waals surface area (Å²) in [6.45, 7) is 11.3. The van der Waals surface area contributed by atoms with Gasteiger partial charge >= 0.3 is 0 Å². The molecular weight excluding hydrogens is 314 g/mol. The average molecular weight is 347 g/mol. The zero-order valence-electron chi connectivity index (χ0n) is 16.1. The second-order valence-corrected chi connectivity index (χ2v) is 6.78. The third-order valence-electron chi connectivity index (χ3n) is 3.69. The first kappa shape index (κ1) is 21.4. The molecule has 140 valence electrons. The van der Waals surface area contributed by atoms with Gasteiger partial charge in [0.2, 0.25) is 5.91 Å². The summed E-state index contributed by atoms with van der Waals surface area (Å²) in [5.41, 5.74) is 2.32. The number of ether oxygens (including phenoxy) is 2. The number of hydrogen-bond acceptors (Lipinski definition) is 3. The first-order valence-corrected chi connectivity index (χ1v) is 9.16. The number of allylic oxidation sites excluding steroid dienone is 1. The van der Waals surface area contributed by atoms with Gasteiger partial charge in [0.25, 0.3) is 0 Å². The molecular formula is C21H33NO3. The molecule has 0 saturated heterocycles. The molecule has 0 saturated carbocycles. The van der Waals surface area contributed by atoms with Gasteiger partial charge in [-0.25, -0.2) is 0 Å². The summed E-state index contributed by atoms with van der Waals surface area (Å²) in [6.07, 6.45) is 4.55. The molecule has 4 heteroatoms. The van der Waals surface area contributed by atoms with Crippen LogP contribution in [0, 0.1) is 5.92 Å². The molecule has 1 N–H and O–H groups in total. The number of carbonyl (C=O) groups is 1. The standard InChI is InChI=1S/C21H33NO3/c1-17(2)6-5-12-24-14-15-25-13-11-22-21(23)16-19-7-9-20(10-8-19)18(3)4/h5-10,17-18H,11-16H2,1-4H3,(H,22,23)/b6-5+. The average Bonchev–Trinajstić information content (AvgIpc) is 2.56. The lowest BCUT2D eigenvalue weighted by Crippen LogP contribution is -2.29. The number of carbonyl (C=O) groups excluding carboxylic acids is 1. The van der Waals surface area contributed by atoms with Crippen LogP contribution in [0.2, 0.25) is 0 Å². The number of hydrogen-bond donors (Lipinski definition) is 1. The molecule has 25 heavy (non-hydrogen) atoms. The first-order chi connectivity index (χ1) is 12.0. The van der Waals surface area contributed by atoms with Crippen molar-refractivity contribution in [3.8, 4) is 0 Å². The van der Waals surface area contributed by atoms with E-state index in [1.54, 1.807) is 0 Å². The van der Waals surface area contributed by atoms with Gasteiger partial charge in [0.15, 0.2) is 0 Å². The minimum absolute atomic E-state index is 0.0240. The van der Waals surface area contributed by atoms with Gasteiger partial charge < -0.3 is 14.8 Å². The molecule has 0 bridgehead atoms. The number of nitrogens with one attached hydrogen (secondary N) is 1. The highest BCUT2D eigenvalue weighted by atomic mass is 16.5. The van der Waals surface area contributed by atoms with Crippen LogP contribution in [0.15, 0.2) is 36.4 Å². The molecule has 0 unspecified atom stereocenters. The third kappa shape index (κ3) is 10.7. The summed E-state index contributed by atoms with van der Waals surface area (Å²) in [7, 11) is 0. The van der Waals surface area contributed by atoms with E-state index >= 15 is 0 Å². The summed E-state index contributed by atoms with van der Waals surface area (Å²) in [5.74, 6) is 1.09. The monoisotopic (exact) mass is 347 g/mol. The fourth-order valence-corrected chi connectivity index (χ4v) is 2.23. The summed E-state index contributed by atoms with van der Waals surface area (Å²) in [4.78, 5) is 11.9. The van der Waals surface area contributed by atoms with Crippen molar-refractivity contribution in [1.29, 1.82) is 0 Å². The second kappa shape index (κ2) is 12.7. The Bertz CT molecular complexity index is 506. The molecule has 0 fully saturated rings. The highest BCUT2D eigenvalue weighted by Gasteiger charge is 2.04. The fraction of sp³-hybridized carbons (Fsp3) is 0.571. The summed E-state index contributed by atoms with van der Waals surface area (Å²) >= 11 is 0. The van der Waals surface area contributed by atoms with Crippen molar-refractivity contribution in [1.82, 2.24) is 5.32 Å². The highest BCUT2D eigenvalue weighted by Crippen LogP contribution is 2.14. The minimum atomic E-state index is 0.0240. The van der Waals surface area contributed by atoms with Gasteiger partial charge in [0.1, 0.15) is 0 Å². The van der Waals surface area contributed by atoms with Crippen molar-refractivity contribution in [2.24, 2.45) is 5.92 Å². The van der Waals surface area contributed by atoms with Crippen LogP contribution in [0.3, 0.4) is 0 Å². The Hall–Kier alpha value is -1.65. The Balaban J connectivity index is 2.03. The molecule has 0 aromatic heterocycles. The summed E-state index contributed by atoms with van der Waals surface area (Å²) in [5, 5.41) is 2.88. The smallest absolute Gasteiger partial charge is 0.224 e. The quantitative estimate of drug-likeness (QED) is 0.463. The molecule has 0 aliphatic heterocycles. The predicted octanol–water partition coefficient (Wildman–Crippen LogP) is 3.71. The summed E-state index contributed by atoms with van der Waals surface area (Å²) in [6, 6.07) is 8.23. The molecule has 0 radical (unpaired) electrons. The van der Waals surface area contributed by atoms with Crippen molar-refractivity contribution in [3.63, 3.8) is 0 Å². The van der Waals surface area contributed by atoms with Crippen molar-refractivity contribution in [3.05, 3.63) is 47.5 Å². The van der Waals surface area contributed by atoms with Crippen LogP contribution < -0.4 is 5.32 Å². The predicted molar refractivity (Wildman–Crippen MR) is 103 cm³/mol. The maximum absolute atomic E-state index is 11.9. The van der Waals surface area contributed by atoms with Crippen molar-refractivity contribution < 1.29 is 14.3 Å². The molecule has 0 aliphatic rings. The number of rotatable bonds is 12. The van der Waals surface area contributed by atoms with Gasteiger partial charge in [-0.15, -0.1) is 0 Å². The fourth-order valence-electron chi connectivity index (χ4n) is 2.23. The summed E-state index contributed by atoms with van der Waals surface area (Å²) < 4.78 is 10.9. The molecule has 4 nitrogen and oxygen atoms in total. The van der Waals surface area contributed by atoms with E-state index in [1.807, 2.05) is 18.2 Å². The van der Waals surface area contributed by atoms with Crippen LogP contribution >= 0.6 is 0 Å². The van der Waals surface area contributed by atoms with E-state index in [4.69, 9.17) is 9.47 Å². The molecule has 1 rings (SSSR count). The Morgan fingerprint density at radius 3 is 2.36 bits per heavy atom. The van der Waals surface area contributed by atoms with Crippen molar-refractivity contribution in [2.45, 2.75) is 40.0 Å². The lowest BCUT2D eigenvalue weighted by Gasteiger charge is -2.08. The second-order valence-electron chi connectivity index (χ2n) is 6.78. The Kier molecular flexibility index (Phi) is 10.8. The van der Waals surface area contributed by atoms with Gasteiger partial charge in [-0.05, 0) is 23.0 Å². The maximum Gasteiger partial charge on any atom is 0.224 e. The zero-order valence-corrected chi connectivity index (χ0v) is 16.1. The lowest BCUT2D eigenvalue weighted by atomic mass is 10.0. The van der Waals surface area contributed by atoms with E-state index in [0.29, 0.717) is 51.2 Å². The van der Waals surface area contributed by atoms with E-state index in [0.717, 1.165) is 5.56 Å². The highest BCUT2D eigenvalue weighted by molar-refractivity contribution is 5.78. The van der Waals surface area contributed by atoms with Crippen molar-refractivity contribution in [2.75, 3.05) is 33.0 Å². The van der Waals surface area contributed by atoms with Crippen LogP contribution in [-0.4, -0.2) is 38.9 Å². The zero-order chi connectivity index (χ0) is 18.5. The van der Waals surface area contributed by atoms with Crippen molar-refractivity contribution >= 4 is 5.91 Å². The van der Waals surface area contributed by atoms with Gasteiger partial charge in [0.05, 0.1) is 32.8 Å². The van der Waals surface area contributed by atoms with Crippen LogP contribution in [0.1, 0.15) is 44.7 Å². The van der Waals surface area contributed by atoms with Gasteiger partial charge in [-0.3, -0.25) is 4.79 Å². The molecule has 0 atom stereocenters. The SMILES string of the molecule is CC(C)/C=C/COCCOCCNC(=O)Cc1ccc(C(C)C)cc1. The van der Waals surface area contributed by atoms with Gasteiger partial charge in [-0.2, -0.15) is 0 Å². The van der Waals surface area contributed by atoms with Crippen LogP contribution in [-0.2, 0) is 20.7 Å². The molecule has 0 heterocycles. The van der Waals surface area contributed by atoms with Crippen LogP contribution in [0.25, 0.3) is 0 Å². The van der Waals surface area contributed by atoms with E-state index in [9.17, 15) is 4.79 Å². The molecule has 0 spiro atoms. The normalized spacial score (nSPS) is 11.6. The van der Waals surface area contributed by atoms with E-state index in [-0.39, 0.29) is 5.91 Å². The van der Waals surface area contributed by atoms with Gasteiger partial charge in [0, 0.05) is 6.54 Å². The Labute approximate surface area is 152 Å². The minimum Gasteiger partial charge on any atom is -0.377 e. The maximum atomic E-state index is 11.9. The Morgan fingerprint density at radius 1 is 1.04 bits per heavy atom. The number of benzene rings is 1. The van der Waals surface area contributed by atoms with Crippen LogP contribution in [0.4, 0.5) is 0 Å².